The maximum atomic E-state index is 12.2. The minimum absolute atomic E-state index is 0.0598. The monoisotopic (exact) mass is 294 g/mol. The summed E-state index contributed by atoms with van der Waals surface area (Å²) in [6, 6.07) is 3.25. The molecule has 1 saturated heterocycles. The van der Waals surface area contributed by atoms with Crippen LogP contribution in [-0.4, -0.2) is 62.4 Å². The van der Waals surface area contributed by atoms with Crippen molar-refractivity contribution < 1.29 is 19.1 Å². The zero-order valence-electron chi connectivity index (χ0n) is 12.9. The number of phenolic OH excluding ortho intramolecular Hbond substituents is 1. The number of nitrogens with one attached hydrogen (secondary N) is 2. The first-order valence-corrected chi connectivity index (χ1v) is 7.15. The summed E-state index contributed by atoms with van der Waals surface area (Å²) >= 11 is 0. The molecule has 1 aromatic carbocycles. The first-order valence-electron chi connectivity index (χ1n) is 7.15. The molecule has 1 aliphatic heterocycles. The number of rotatable bonds is 4. The van der Waals surface area contributed by atoms with Crippen molar-refractivity contribution in [3.8, 4) is 11.5 Å². The second-order valence-corrected chi connectivity index (χ2v) is 5.86. The van der Waals surface area contributed by atoms with E-state index in [9.17, 15) is 9.90 Å². The van der Waals surface area contributed by atoms with Crippen LogP contribution in [-0.2, 0) is 4.79 Å². The number of hydrogen-bond acceptors (Lipinski definition) is 4. The first kappa shape index (κ1) is 15.6. The lowest BCUT2D eigenvalue weighted by Gasteiger charge is -2.37. The number of methoxy groups -OCH3 is 1. The van der Waals surface area contributed by atoms with Crippen molar-refractivity contribution in [2.24, 2.45) is 0 Å². The second kappa shape index (κ2) is 6.32. The highest BCUT2D eigenvalue weighted by molar-refractivity contribution is 5.93. The highest BCUT2D eigenvalue weighted by Gasteiger charge is 2.27. The zero-order chi connectivity index (χ0) is 15.5. The van der Waals surface area contributed by atoms with E-state index in [4.69, 9.17) is 4.74 Å². The molecule has 0 aromatic heterocycles. The van der Waals surface area contributed by atoms with Crippen LogP contribution < -0.4 is 15.4 Å². The van der Waals surface area contributed by atoms with E-state index in [1.165, 1.54) is 0 Å². The summed E-state index contributed by atoms with van der Waals surface area (Å²) in [5.74, 6) is 0.607. The van der Waals surface area contributed by atoms with Gasteiger partial charge < -0.3 is 25.0 Å². The van der Waals surface area contributed by atoms with Crippen molar-refractivity contribution >= 4 is 11.6 Å². The fraction of sp³-hybridized carbons (Fsp3) is 0.533. The molecular formula is C15H24N3O3+. The van der Waals surface area contributed by atoms with Gasteiger partial charge in [0.2, 0.25) is 0 Å². The standard InChI is InChI=1S/C15H23N3O3/c1-11-8-13(19)12(9-14(11)21-3)17-15(20)10-18(2)6-4-16-5-7-18/h8-9,16H,4-7,10H2,1-3H3,(H-,17,19,20)/p+1. The van der Waals surface area contributed by atoms with Crippen LogP contribution >= 0.6 is 0 Å². The fourth-order valence-corrected chi connectivity index (χ4v) is 2.62. The number of quaternary nitrogens is 1. The van der Waals surface area contributed by atoms with Crippen molar-refractivity contribution in [3.63, 3.8) is 0 Å². The van der Waals surface area contributed by atoms with Crippen molar-refractivity contribution in [2.45, 2.75) is 6.92 Å². The molecule has 0 atom stereocenters. The Labute approximate surface area is 125 Å². The number of likely N-dealkylation sites (N-methyl/N-ethyl adjacent to an activating group) is 1. The molecule has 0 bridgehead atoms. The molecule has 6 heteroatoms. The van der Waals surface area contributed by atoms with Crippen molar-refractivity contribution in [3.05, 3.63) is 17.7 Å². The Morgan fingerprint density at radius 3 is 2.71 bits per heavy atom. The Bertz CT molecular complexity index is 525. The molecule has 0 aliphatic carbocycles. The summed E-state index contributed by atoms with van der Waals surface area (Å²) in [4.78, 5) is 12.2. The van der Waals surface area contributed by atoms with Gasteiger partial charge in [0.15, 0.2) is 6.54 Å². The maximum absolute atomic E-state index is 12.2. The van der Waals surface area contributed by atoms with E-state index in [0.717, 1.165) is 31.7 Å². The highest BCUT2D eigenvalue weighted by atomic mass is 16.5. The Balaban J connectivity index is 2.05. The van der Waals surface area contributed by atoms with Gasteiger partial charge in [0.25, 0.3) is 5.91 Å². The van der Waals surface area contributed by atoms with Crippen LogP contribution in [0, 0.1) is 6.92 Å². The van der Waals surface area contributed by atoms with Gasteiger partial charge in [-0.15, -0.1) is 0 Å². The zero-order valence-corrected chi connectivity index (χ0v) is 12.9. The van der Waals surface area contributed by atoms with Crippen molar-refractivity contribution in [1.82, 2.24) is 5.32 Å². The summed E-state index contributed by atoms with van der Waals surface area (Å²) < 4.78 is 5.93. The summed E-state index contributed by atoms with van der Waals surface area (Å²) in [5.41, 5.74) is 1.22. The third-order valence-electron chi connectivity index (χ3n) is 3.97. The van der Waals surface area contributed by atoms with Gasteiger partial charge in [0, 0.05) is 19.2 Å². The number of benzene rings is 1. The summed E-state index contributed by atoms with van der Waals surface area (Å²) in [6.07, 6.45) is 0. The predicted molar refractivity (Wildman–Crippen MR) is 81.7 cm³/mol. The van der Waals surface area contributed by atoms with Crippen LogP contribution in [0.5, 0.6) is 11.5 Å². The van der Waals surface area contributed by atoms with Crippen LogP contribution in [0.4, 0.5) is 5.69 Å². The average molecular weight is 294 g/mol. The molecule has 1 heterocycles. The molecule has 21 heavy (non-hydrogen) atoms. The van der Waals surface area contributed by atoms with Crippen molar-refractivity contribution in [2.75, 3.05) is 52.2 Å². The lowest BCUT2D eigenvalue weighted by molar-refractivity contribution is -0.903. The number of anilines is 1. The number of phenols is 1. The fourth-order valence-electron chi connectivity index (χ4n) is 2.62. The molecule has 0 saturated carbocycles. The van der Waals surface area contributed by atoms with E-state index < -0.39 is 0 Å². The van der Waals surface area contributed by atoms with Gasteiger partial charge in [-0.3, -0.25) is 4.79 Å². The summed E-state index contributed by atoms with van der Waals surface area (Å²) in [5, 5.41) is 16.0. The molecule has 1 aromatic rings. The van der Waals surface area contributed by atoms with Crippen LogP contribution in [0.25, 0.3) is 0 Å². The third kappa shape index (κ3) is 3.86. The Kier molecular flexibility index (Phi) is 4.69. The lowest BCUT2D eigenvalue weighted by atomic mass is 10.2. The molecular weight excluding hydrogens is 270 g/mol. The number of ether oxygens (including phenoxy) is 1. The minimum Gasteiger partial charge on any atom is -0.506 e. The van der Waals surface area contributed by atoms with Gasteiger partial charge in [-0.25, -0.2) is 0 Å². The van der Waals surface area contributed by atoms with E-state index in [-0.39, 0.29) is 11.7 Å². The third-order valence-corrected chi connectivity index (χ3v) is 3.97. The molecule has 116 valence electrons. The topological polar surface area (TPSA) is 70.6 Å². The summed E-state index contributed by atoms with van der Waals surface area (Å²) in [7, 11) is 3.65. The van der Waals surface area contributed by atoms with E-state index in [0.29, 0.717) is 22.5 Å². The molecule has 2 rings (SSSR count). The number of hydrogen-bond donors (Lipinski definition) is 3. The first-order chi connectivity index (χ1) is 9.93. The molecule has 3 N–H and O–H groups in total. The molecule has 6 nitrogen and oxygen atoms in total. The highest BCUT2D eigenvalue weighted by Crippen LogP contribution is 2.31. The molecule has 1 amide bonds. The van der Waals surface area contributed by atoms with E-state index in [1.54, 1.807) is 19.2 Å². The van der Waals surface area contributed by atoms with Crippen LogP contribution in [0.2, 0.25) is 0 Å². The number of aryl methyl sites for hydroxylation is 1. The van der Waals surface area contributed by atoms with Gasteiger partial charge in [0.05, 0.1) is 32.9 Å². The Hall–Kier alpha value is -1.79. The van der Waals surface area contributed by atoms with Crippen molar-refractivity contribution in [1.29, 1.82) is 0 Å². The number of carbonyl (C=O) groups is 1. The van der Waals surface area contributed by atoms with Gasteiger partial charge in [-0.1, -0.05) is 0 Å². The van der Waals surface area contributed by atoms with Crippen LogP contribution in [0.1, 0.15) is 5.56 Å². The lowest BCUT2D eigenvalue weighted by Crippen LogP contribution is -2.58. The smallest absolute Gasteiger partial charge is 0.279 e. The van der Waals surface area contributed by atoms with E-state index in [2.05, 4.69) is 17.7 Å². The number of piperazine rings is 1. The predicted octanol–water partition coefficient (Wildman–Crippen LogP) is 0.698. The minimum atomic E-state index is -0.0967. The number of carbonyl (C=O) groups excluding carboxylic acids is 1. The average Bonchev–Trinajstić information content (AvgIpc) is 2.42. The largest absolute Gasteiger partial charge is 0.506 e. The van der Waals surface area contributed by atoms with Gasteiger partial charge in [-0.05, 0) is 18.6 Å². The molecule has 0 radical (unpaired) electrons. The normalized spacial score (nSPS) is 17.3. The van der Waals surface area contributed by atoms with Gasteiger partial charge in [0.1, 0.15) is 11.5 Å². The SMILES string of the molecule is COc1cc(NC(=O)C[N+]2(C)CCNCC2)c(O)cc1C. The number of nitrogens with zero attached hydrogens (tertiary/aromatic N) is 1. The Morgan fingerprint density at radius 1 is 1.43 bits per heavy atom. The van der Waals surface area contributed by atoms with Crippen LogP contribution in [0.15, 0.2) is 12.1 Å². The van der Waals surface area contributed by atoms with E-state index >= 15 is 0 Å². The molecule has 0 spiro atoms. The van der Waals surface area contributed by atoms with Crippen LogP contribution in [0.3, 0.4) is 0 Å². The maximum Gasteiger partial charge on any atom is 0.279 e. The number of aromatic hydroxyl groups is 1. The quantitative estimate of drug-likeness (QED) is 0.565. The molecule has 0 unspecified atom stereocenters. The van der Waals surface area contributed by atoms with E-state index in [1.807, 2.05) is 6.92 Å². The molecule has 1 aliphatic rings. The Morgan fingerprint density at radius 2 is 2.10 bits per heavy atom. The molecule has 1 fully saturated rings. The summed E-state index contributed by atoms with van der Waals surface area (Å²) in [6.45, 7) is 5.95. The second-order valence-electron chi connectivity index (χ2n) is 5.86. The number of amides is 1. The van der Waals surface area contributed by atoms with Gasteiger partial charge in [-0.2, -0.15) is 0 Å². The van der Waals surface area contributed by atoms with Gasteiger partial charge >= 0.3 is 0 Å².